The van der Waals surface area contributed by atoms with Gasteiger partial charge in [0, 0.05) is 18.9 Å². The number of para-hydroxylation sites is 1. The number of oxazole rings is 1. The van der Waals surface area contributed by atoms with Crippen LogP contribution < -0.4 is 10.1 Å². The molecule has 6 heteroatoms. The highest BCUT2D eigenvalue weighted by Gasteiger charge is 2.33. The fourth-order valence-electron chi connectivity index (χ4n) is 3.64. The Morgan fingerprint density at radius 2 is 2.00 bits per heavy atom. The topological polar surface area (TPSA) is 67.6 Å². The van der Waals surface area contributed by atoms with Crippen LogP contribution in [-0.4, -0.2) is 48.1 Å². The summed E-state index contributed by atoms with van der Waals surface area (Å²) in [5, 5.41) is 3.34. The van der Waals surface area contributed by atoms with Crippen LogP contribution in [0.2, 0.25) is 0 Å². The fraction of sp³-hybridized carbons (Fsp3) is 0.474. The number of aromatic nitrogens is 1. The number of nitrogens with zero attached hydrogens (tertiary/aromatic N) is 2. The van der Waals surface area contributed by atoms with Gasteiger partial charge in [0.2, 0.25) is 0 Å². The van der Waals surface area contributed by atoms with Crippen LogP contribution in [0.4, 0.5) is 0 Å². The van der Waals surface area contributed by atoms with Gasteiger partial charge in [-0.3, -0.25) is 4.79 Å². The molecule has 1 aromatic carbocycles. The van der Waals surface area contributed by atoms with Crippen molar-refractivity contribution in [2.75, 3.05) is 26.2 Å². The second-order valence-corrected chi connectivity index (χ2v) is 6.68. The second-order valence-electron chi connectivity index (χ2n) is 6.68. The molecule has 1 amide bonds. The van der Waals surface area contributed by atoms with Crippen molar-refractivity contribution in [3.8, 4) is 5.75 Å². The predicted octanol–water partition coefficient (Wildman–Crippen LogP) is 2.44. The quantitative estimate of drug-likeness (QED) is 0.925. The third-order valence-electron chi connectivity index (χ3n) is 4.99. The summed E-state index contributed by atoms with van der Waals surface area (Å²) in [5.41, 5.74) is 0.479. The van der Waals surface area contributed by atoms with E-state index < -0.39 is 0 Å². The van der Waals surface area contributed by atoms with E-state index in [0.29, 0.717) is 18.8 Å². The predicted molar refractivity (Wildman–Crippen MR) is 92.7 cm³/mol. The van der Waals surface area contributed by atoms with Crippen molar-refractivity contribution in [3.63, 3.8) is 0 Å². The lowest BCUT2D eigenvalue weighted by Gasteiger charge is -2.22. The smallest absolute Gasteiger partial charge is 0.276 e. The Morgan fingerprint density at radius 1 is 1.20 bits per heavy atom. The van der Waals surface area contributed by atoms with Crippen molar-refractivity contribution in [2.45, 2.75) is 31.3 Å². The molecule has 2 aromatic rings. The number of rotatable bonds is 4. The molecule has 0 saturated carbocycles. The standard InChI is InChI=1S/C19H23N3O3/c23-19(17-18(24-13-21-17)14-6-9-20-10-7-14)22-11-8-16(12-22)25-15-4-2-1-3-5-15/h1-5,13-14,16,20H,6-12H2/t16-/m1/s1. The van der Waals surface area contributed by atoms with Crippen LogP contribution in [0.5, 0.6) is 5.75 Å². The number of amides is 1. The molecule has 3 heterocycles. The molecule has 1 aromatic heterocycles. The summed E-state index contributed by atoms with van der Waals surface area (Å²) < 4.78 is 11.6. The Labute approximate surface area is 147 Å². The molecule has 2 aliphatic rings. The van der Waals surface area contributed by atoms with Gasteiger partial charge in [-0.1, -0.05) is 18.2 Å². The van der Waals surface area contributed by atoms with Gasteiger partial charge in [-0.2, -0.15) is 0 Å². The van der Waals surface area contributed by atoms with Gasteiger partial charge in [0.1, 0.15) is 17.6 Å². The van der Waals surface area contributed by atoms with Crippen LogP contribution in [0.1, 0.15) is 41.4 Å². The van der Waals surface area contributed by atoms with Crippen LogP contribution in [0, 0.1) is 0 Å². The van der Waals surface area contributed by atoms with E-state index in [4.69, 9.17) is 9.15 Å². The van der Waals surface area contributed by atoms with Gasteiger partial charge in [-0.25, -0.2) is 4.98 Å². The van der Waals surface area contributed by atoms with E-state index in [1.165, 1.54) is 6.39 Å². The molecule has 0 radical (unpaired) electrons. The first-order valence-corrected chi connectivity index (χ1v) is 8.96. The molecule has 0 bridgehead atoms. The van der Waals surface area contributed by atoms with Gasteiger partial charge in [-0.05, 0) is 38.1 Å². The molecule has 1 N–H and O–H groups in total. The minimum atomic E-state index is -0.0403. The molecule has 0 spiro atoms. The molecule has 2 saturated heterocycles. The number of hydrogen-bond acceptors (Lipinski definition) is 5. The Hall–Kier alpha value is -2.34. The van der Waals surface area contributed by atoms with E-state index in [2.05, 4.69) is 10.3 Å². The number of nitrogens with one attached hydrogen (secondary N) is 1. The lowest BCUT2D eigenvalue weighted by atomic mass is 9.94. The SMILES string of the molecule is O=C(c1ncoc1C1CCNCC1)N1CC[C@@H](Oc2ccccc2)C1. The summed E-state index contributed by atoms with van der Waals surface area (Å²) >= 11 is 0. The van der Waals surface area contributed by atoms with Gasteiger partial charge < -0.3 is 19.4 Å². The lowest BCUT2D eigenvalue weighted by Crippen LogP contribution is -2.33. The van der Waals surface area contributed by atoms with Crippen LogP contribution in [0.3, 0.4) is 0 Å². The van der Waals surface area contributed by atoms with E-state index in [1.54, 1.807) is 0 Å². The number of hydrogen-bond donors (Lipinski definition) is 1. The monoisotopic (exact) mass is 341 g/mol. The first-order valence-electron chi connectivity index (χ1n) is 8.96. The van der Waals surface area contributed by atoms with Crippen molar-refractivity contribution >= 4 is 5.91 Å². The molecule has 0 aliphatic carbocycles. The van der Waals surface area contributed by atoms with Crippen LogP contribution in [0.15, 0.2) is 41.1 Å². The number of piperidine rings is 1. The number of carbonyl (C=O) groups is 1. The molecule has 25 heavy (non-hydrogen) atoms. The first kappa shape index (κ1) is 16.1. The Balaban J connectivity index is 1.41. The third-order valence-corrected chi connectivity index (χ3v) is 4.99. The van der Waals surface area contributed by atoms with Crippen molar-refractivity contribution in [1.29, 1.82) is 0 Å². The number of likely N-dealkylation sites (tertiary alicyclic amines) is 1. The molecule has 2 fully saturated rings. The maximum atomic E-state index is 12.9. The Morgan fingerprint density at radius 3 is 2.80 bits per heavy atom. The zero-order valence-electron chi connectivity index (χ0n) is 14.2. The molecule has 4 rings (SSSR count). The average molecular weight is 341 g/mol. The van der Waals surface area contributed by atoms with E-state index >= 15 is 0 Å². The molecule has 0 unspecified atom stereocenters. The maximum Gasteiger partial charge on any atom is 0.276 e. The Bertz CT molecular complexity index is 710. The molecule has 1 atom stereocenters. The second kappa shape index (κ2) is 7.27. The van der Waals surface area contributed by atoms with E-state index in [0.717, 1.165) is 43.9 Å². The van der Waals surface area contributed by atoms with Crippen LogP contribution in [0.25, 0.3) is 0 Å². The summed E-state index contributed by atoms with van der Waals surface area (Å²) in [5.74, 6) is 1.83. The minimum absolute atomic E-state index is 0.0283. The van der Waals surface area contributed by atoms with E-state index in [9.17, 15) is 4.79 Å². The van der Waals surface area contributed by atoms with Gasteiger partial charge in [0.05, 0.1) is 6.54 Å². The van der Waals surface area contributed by atoms with Gasteiger partial charge in [0.25, 0.3) is 5.91 Å². The molecule has 2 aliphatic heterocycles. The number of carbonyl (C=O) groups excluding carboxylic acids is 1. The molecule has 6 nitrogen and oxygen atoms in total. The van der Waals surface area contributed by atoms with Crippen molar-refractivity contribution in [2.24, 2.45) is 0 Å². The largest absolute Gasteiger partial charge is 0.489 e. The van der Waals surface area contributed by atoms with Crippen molar-refractivity contribution in [1.82, 2.24) is 15.2 Å². The molecular formula is C19H23N3O3. The lowest BCUT2D eigenvalue weighted by molar-refractivity contribution is 0.0764. The summed E-state index contributed by atoms with van der Waals surface area (Å²) in [4.78, 5) is 19.0. The number of benzene rings is 1. The average Bonchev–Trinajstić information content (AvgIpc) is 3.32. The van der Waals surface area contributed by atoms with E-state index in [-0.39, 0.29) is 17.9 Å². The van der Waals surface area contributed by atoms with E-state index in [1.807, 2.05) is 35.2 Å². The minimum Gasteiger partial charge on any atom is -0.489 e. The number of ether oxygens (including phenoxy) is 1. The summed E-state index contributed by atoms with van der Waals surface area (Å²) in [6.45, 7) is 3.19. The first-order chi connectivity index (χ1) is 12.3. The van der Waals surface area contributed by atoms with Crippen LogP contribution in [-0.2, 0) is 0 Å². The zero-order chi connectivity index (χ0) is 17.1. The zero-order valence-corrected chi connectivity index (χ0v) is 14.2. The summed E-state index contributed by atoms with van der Waals surface area (Å²) in [6.07, 6.45) is 4.23. The highest BCUT2D eigenvalue weighted by molar-refractivity contribution is 5.93. The third kappa shape index (κ3) is 3.54. The summed E-state index contributed by atoms with van der Waals surface area (Å²) in [6, 6.07) is 9.75. The summed E-state index contributed by atoms with van der Waals surface area (Å²) in [7, 11) is 0. The fourth-order valence-corrected chi connectivity index (χ4v) is 3.64. The van der Waals surface area contributed by atoms with Crippen molar-refractivity contribution in [3.05, 3.63) is 48.2 Å². The van der Waals surface area contributed by atoms with Gasteiger partial charge in [0.15, 0.2) is 12.1 Å². The molecule has 132 valence electrons. The van der Waals surface area contributed by atoms with Crippen LogP contribution >= 0.6 is 0 Å². The highest BCUT2D eigenvalue weighted by Crippen LogP contribution is 2.29. The van der Waals surface area contributed by atoms with Gasteiger partial charge >= 0.3 is 0 Å². The van der Waals surface area contributed by atoms with Gasteiger partial charge in [-0.15, -0.1) is 0 Å². The maximum absolute atomic E-state index is 12.9. The normalized spacial score (nSPS) is 21.4. The molecular weight excluding hydrogens is 318 g/mol. The Kier molecular flexibility index (Phi) is 4.70. The highest BCUT2D eigenvalue weighted by atomic mass is 16.5. The van der Waals surface area contributed by atoms with Crippen molar-refractivity contribution < 1.29 is 13.9 Å².